The largest absolute Gasteiger partial charge is 0.332 e. The molecule has 0 bridgehead atoms. The van der Waals surface area contributed by atoms with Crippen LogP contribution in [0.4, 0.5) is 5.69 Å². The topological polar surface area (TPSA) is 70.6 Å². The van der Waals surface area contributed by atoms with Crippen LogP contribution in [-0.2, 0) is 10.0 Å². The van der Waals surface area contributed by atoms with Crippen LogP contribution in [-0.4, -0.2) is 19.4 Å². The molecule has 0 heterocycles. The van der Waals surface area contributed by atoms with Crippen molar-refractivity contribution in [2.75, 3.05) is 5.32 Å². The summed E-state index contributed by atoms with van der Waals surface area (Å²) in [6.45, 7) is 1.97. The Morgan fingerprint density at radius 1 is 0.966 bits per heavy atom. The number of rotatable bonds is 4. The summed E-state index contributed by atoms with van der Waals surface area (Å²) >= 11 is 11.2. The van der Waals surface area contributed by atoms with Gasteiger partial charge in [-0.15, -0.1) is 4.40 Å². The van der Waals surface area contributed by atoms with Gasteiger partial charge in [0.15, 0.2) is 10.9 Å². The summed E-state index contributed by atoms with van der Waals surface area (Å²) in [5.74, 6) is 0.116. The standard InChI is InChI=1S/C21H18ClN3O2S2/c1-15-6-5-9-18(14-15)23-21(28)24-20(16-7-3-2-4-8-16)25-29(26,27)19-12-10-17(22)11-13-19/h2-14H,1H3,(H2,23,24,25,28). The first kappa shape index (κ1) is 21.0. The van der Waals surface area contributed by atoms with Crippen molar-refractivity contribution in [3.05, 3.63) is 95.0 Å². The molecule has 0 amide bonds. The van der Waals surface area contributed by atoms with Gasteiger partial charge in [0.1, 0.15) is 0 Å². The van der Waals surface area contributed by atoms with Gasteiger partial charge in [-0.3, -0.25) is 0 Å². The van der Waals surface area contributed by atoms with E-state index in [0.29, 0.717) is 10.6 Å². The Bertz CT molecular complexity index is 1150. The first-order chi connectivity index (χ1) is 13.8. The van der Waals surface area contributed by atoms with Crippen molar-refractivity contribution in [1.82, 2.24) is 5.32 Å². The minimum Gasteiger partial charge on any atom is -0.332 e. The Kier molecular flexibility index (Phi) is 6.64. The van der Waals surface area contributed by atoms with Crippen LogP contribution >= 0.6 is 23.8 Å². The monoisotopic (exact) mass is 443 g/mol. The summed E-state index contributed by atoms with van der Waals surface area (Å²) in [4.78, 5) is 0.0368. The van der Waals surface area contributed by atoms with E-state index in [0.717, 1.165) is 11.3 Å². The van der Waals surface area contributed by atoms with Crippen LogP contribution < -0.4 is 10.6 Å². The molecule has 3 aromatic carbocycles. The third kappa shape index (κ3) is 5.87. The Balaban J connectivity index is 1.91. The van der Waals surface area contributed by atoms with Gasteiger partial charge in [0.25, 0.3) is 10.0 Å². The van der Waals surface area contributed by atoms with E-state index in [2.05, 4.69) is 15.0 Å². The van der Waals surface area contributed by atoms with Gasteiger partial charge in [0.05, 0.1) is 4.90 Å². The number of thiocarbonyl (C=S) groups is 1. The molecule has 148 valence electrons. The first-order valence-electron chi connectivity index (χ1n) is 8.64. The molecule has 0 spiro atoms. The highest BCUT2D eigenvalue weighted by Gasteiger charge is 2.16. The number of sulfonamides is 1. The number of nitrogens with one attached hydrogen (secondary N) is 2. The van der Waals surface area contributed by atoms with E-state index in [9.17, 15) is 8.42 Å². The lowest BCUT2D eigenvalue weighted by atomic mass is 10.2. The zero-order valence-electron chi connectivity index (χ0n) is 15.5. The molecule has 2 N–H and O–H groups in total. The molecule has 0 aliphatic carbocycles. The summed E-state index contributed by atoms with van der Waals surface area (Å²) in [7, 11) is -3.97. The maximum Gasteiger partial charge on any atom is 0.284 e. The maximum absolute atomic E-state index is 12.8. The number of benzene rings is 3. The van der Waals surface area contributed by atoms with E-state index in [4.69, 9.17) is 23.8 Å². The maximum atomic E-state index is 12.8. The summed E-state index contributed by atoms with van der Waals surface area (Å²) in [5.41, 5.74) is 2.44. The van der Waals surface area contributed by atoms with Crippen molar-refractivity contribution in [3.8, 4) is 0 Å². The molecule has 0 atom stereocenters. The second-order valence-corrected chi connectivity index (χ2v) is 8.63. The molecule has 5 nitrogen and oxygen atoms in total. The molecule has 3 aromatic rings. The number of amidine groups is 1. The van der Waals surface area contributed by atoms with Gasteiger partial charge in [-0.1, -0.05) is 54.1 Å². The molecule has 29 heavy (non-hydrogen) atoms. The average molecular weight is 444 g/mol. The van der Waals surface area contributed by atoms with E-state index >= 15 is 0 Å². The third-order valence-electron chi connectivity index (χ3n) is 3.88. The van der Waals surface area contributed by atoms with Crippen molar-refractivity contribution in [3.63, 3.8) is 0 Å². The molecule has 8 heteroatoms. The molecule has 0 radical (unpaired) electrons. The van der Waals surface area contributed by atoms with Crippen LogP contribution in [0.5, 0.6) is 0 Å². The Hall–Kier alpha value is -2.74. The zero-order valence-corrected chi connectivity index (χ0v) is 17.9. The summed E-state index contributed by atoms with van der Waals surface area (Å²) in [5, 5.41) is 6.62. The fourth-order valence-electron chi connectivity index (χ4n) is 2.52. The average Bonchev–Trinajstić information content (AvgIpc) is 2.68. The van der Waals surface area contributed by atoms with Gasteiger partial charge >= 0.3 is 0 Å². The Morgan fingerprint density at radius 2 is 1.66 bits per heavy atom. The van der Waals surface area contributed by atoms with Gasteiger partial charge in [0.2, 0.25) is 0 Å². The van der Waals surface area contributed by atoms with Crippen molar-refractivity contribution in [2.24, 2.45) is 4.40 Å². The van der Waals surface area contributed by atoms with Gasteiger partial charge < -0.3 is 10.6 Å². The van der Waals surface area contributed by atoms with E-state index in [1.54, 1.807) is 24.3 Å². The molecule has 0 saturated carbocycles. The molecule has 0 unspecified atom stereocenters. The minimum absolute atomic E-state index is 0.0368. The molecule has 0 saturated heterocycles. The van der Waals surface area contributed by atoms with Crippen molar-refractivity contribution in [2.45, 2.75) is 11.8 Å². The number of anilines is 1. The van der Waals surface area contributed by atoms with Crippen LogP contribution in [0.15, 0.2) is 88.2 Å². The van der Waals surface area contributed by atoms with Gasteiger partial charge in [-0.2, -0.15) is 8.42 Å². The van der Waals surface area contributed by atoms with E-state index < -0.39 is 10.0 Å². The number of hydrogen-bond donors (Lipinski definition) is 2. The number of hydrogen-bond acceptors (Lipinski definition) is 3. The Morgan fingerprint density at radius 3 is 2.31 bits per heavy atom. The zero-order chi connectivity index (χ0) is 20.9. The van der Waals surface area contributed by atoms with Crippen LogP contribution in [0.25, 0.3) is 0 Å². The summed E-state index contributed by atoms with van der Waals surface area (Å²) in [6.07, 6.45) is 0. The van der Waals surface area contributed by atoms with Gasteiger partial charge in [-0.25, -0.2) is 0 Å². The lowest BCUT2D eigenvalue weighted by Crippen LogP contribution is -2.35. The lowest BCUT2D eigenvalue weighted by molar-refractivity contribution is 0.598. The summed E-state index contributed by atoms with van der Waals surface area (Å²) in [6, 6.07) is 22.4. The van der Waals surface area contributed by atoms with Crippen molar-refractivity contribution >= 4 is 50.5 Å². The fourth-order valence-corrected chi connectivity index (χ4v) is 3.83. The summed E-state index contributed by atoms with van der Waals surface area (Å²) < 4.78 is 29.5. The van der Waals surface area contributed by atoms with Crippen LogP contribution in [0.3, 0.4) is 0 Å². The molecule has 3 rings (SSSR count). The van der Waals surface area contributed by atoms with Gasteiger partial charge in [-0.05, 0) is 61.1 Å². The molecule has 0 aromatic heterocycles. The quantitative estimate of drug-likeness (QED) is 0.345. The smallest absolute Gasteiger partial charge is 0.284 e. The minimum atomic E-state index is -3.97. The van der Waals surface area contributed by atoms with Gasteiger partial charge in [0, 0.05) is 16.3 Å². The van der Waals surface area contributed by atoms with Crippen molar-refractivity contribution in [1.29, 1.82) is 0 Å². The highest BCUT2D eigenvalue weighted by atomic mass is 35.5. The van der Waals surface area contributed by atoms with Crippen LogP contribution in [0, 0.1) is 6.92 Å². The van der Waals surface area contributed by atoms with Crippen molar-refractivity contribution < 1.29 is 8.42 Å². The number of nitrogens with zero attached hydrogens (tertiary/aromatic N) is 1. The highest BCUT2D eigenvalue weighted by Crippen LogP contribution is 2.17. The molecule has 0 aliphatic heterocycles. The highest BCUT2D eigenvalue weighted by molar-refractivity contribution is 7.90. The number of aryl methyl sites for hydroxylation is 1. The normalized spacial score (nSPS) is 11.7. The van der Waals surface area contributed by atoms with Crippen LogP contribution in [0.2, 0.25) is 5.02 Å². The first-order valence-corrected chi connectivity index (χ1v) is 10.9. The molecular formula is C21H18ClN3O2S2. The molecular weight excluding hydrogens is 426 g/mol. The Labute approximate surface area is 180 Å². The SMILES string of the molecule is Cc1cccc(NC(=S)NC(=NS(=O)(=O)c2ccc(Cl)cc2)c2ccccc2)c1. The second kappa shape index (κ2) is 9.17. The lowest BCUT2D eigenvalue weighted by Gasteiger charge is -2.13. The molecule has 0 aliphatic rings. The van der Waals surface area contributed by atoms with E-state index in [-0.39, 0.29) is 15.8 Å². The van der Waals surface area contributed by atoms with E-state index in [1.807, 2.05) is 37.3 Å². The second-order valence-electron chi connectivity index (χ2n) is 6.18. The predicted octanol–water partition coefficient (Wildman–Crippen LogP) is 4.77. The van der Waals surface area contributed by atoms with E-state index in [1.165, 1.54) is 24.3 Å². The number of halogens is 1. The fraction of sp³-hybridized carbons (Fsp3) is 0.0476. The molecule has 0 fully saturated rings. The van der Waals surface area contributed by atoms with Crippen LogP contribution in [0.1, 0.15) is 11.1 Å². The third-order valence-corrected chi connectivity index (χ3v) is 5.62. The predicted molar refractivity (Wildman–Crippen MR) is 122 cm³/mol.